The molecule has 108 valence electrons. The molecule has 2 aromatic rings. The molecule has 0 bridgehead atoms. The summed E-state index contributed by atoms with van der Waals surface area (Å²) >= 11 is 0. The van der Waals surface area contributed by atoms with Gasteiger partial charge < -0.3 is 15.8 Å². The minimum absolute atomic E-state index is 0.232. The molecule has 0 saturated heterocycles. The molecule has 2 aromatic carbocycles. The lowest BCUT2D eigenvalue weighted by atomic mass is 10.1. The number of esters is 1. The molecule has 0 aliphatic rings. The van der Waals surface area contributed by atoms with Gasteiger partial charge in [0.1, 0.15) is 0 Å². The number of ether oxygens (including phenoxy) is 1. The molecule has 0 fully saturated rings. The largest absolute Gasteiger partial charge is 0.465 e. The Hall–Kier alpha value is -2.82. The predicted molar refractivity (Wildman–Crippen MR) is 81.3 cm³/mol. The highest BCUT2D eigenvalue weighted by atomic mass is 16.5. The van der Waals surface area contributed by atoms with Crippen LogP contribution in [0.25, 0.3) is 0 Å². The third-order valence-electron chi connectivity index (χ3n) is 3.10. The average molecular weight is 284 g/mol. The number of methoxy groups -OCH3 is 1. The number of amides is 1. The minimum atomic E-state index is -0.415. The van der Waals surface area contributed by atoms with Gasteiger partial charge >= 0.3 is 5.97 Å². The van der Waals surface area contributed by atoms with E-state index in [1.54, 1.807) is 42.5 Å². The summed E-state index contributed by atoms with van der Waals surface area (Å²) in [7, 11) is 1.32. The molecule has 0 unspecified atom stereocenters. The molecular formula is C16H16N2O3. The van der Waals surface area contributed by atoms with Crippen LogP contribution in [0.15, 0.2) is 42.5 Å². The molecule has 0 aliphatic carbocycles. The average Bonchev–Trinajstić information content (AvgIpc) is 2.50. The molecule has 3 N–H and O–H groups in total. The highest BCUT2D eigenvalue weighted by Gasteiger charge is 2.09. The molecule has 0 radical (unpaired) electrons. The van der Waals surface area contributed by atoms with Crippen molar-refractivity contribution in [3.63, 3.8) is 0 Å². The van der Waals surface area contributed by atoms with Gasteiger partial charge in [0, 0.05) is 16.9 Å². The fraction of sp³-hybridized carbons (Fsp3) is 0.125. The van der Waals surface area contributed by atoms with Gasteiger partial charge in [-0.05, 0) is 55.0 Å². The van der Waals surface area contributed by atoms with E-state index >= 15 is 0 Å². The molecule has 0 saturated carbocycles. The first-order valence-corrected chi connectivity index (χ1v) is 6.37. The van der Waals surface area contributed by atoms with Crippen molar-refractivity contribution in [2.24, 2.45) is 0 Å². The summed E-state index contributed by atoms with van der Waals surface area (Å²) in [6, 6.07) is 11.6. The lowest BCUT2D eigenvalue weighted by Crippen LogP contribution is -2.12. The van der Waals surface area contributed by atoms with Crippen molar-refractivity contribution in [2.75, 3.05) is 18.2 Å². The molecule has 0 atom stereocenters. The van der Waals surface area contributed by atoms with Crippen LogP contribution < -0.4 is 11.1 Å². The zero-order chi connectivity index (χ0) is 15.4. The summed E-state index contributed by atoms with van der Waals surface area (Å²) < 4.78 is 4.61. The van der Waals surface area contributed by atoms with Crippen LogP contribution in [-0.2, 0) is 4.74 Å². The van der Waals surface area contributed by atoms with E-state index in [0.29, 0.717) is 22.5 Å². The Labute approximate surface area is 122 Å². The first-order valence-electron chi connectivity index (χ1n) is 6.37. The normalized spacial score (nSPS) is 10.0. The quantitative estimate of drug-likeness (QED) is 0.670. The van der Waals surface area contributed by atoms with Gasteiger partial charge in [0.05, 0.1) is 12.7 Å². The summed E-state index contributed by atoms with van der Waals surface area (Å²) in [6.45, 7) is 1.84. The third kappa shape index (κ3) is 3.39. The van der Waals surface area contributed by atoms with E-state index in [9.17, 15) is 9.59 Å². The van der Waals surface area contributed by atoms with Crippen LogP contribution in [-0.4, -0.2) is 19.0 Å². The van der Waals surface area contributed by atoms with Crippen LogP contribution in [0.1, 0.15) is 26.3 Å². The van der Waals surface area contributed by atoms with Crippen molar-refractivity contribution < 1.29 is 14.3 Å². The molecule has 5 nitrogen and oxygen atoms in total. The maximum absolute atomic E-state index is 12.1. The smallest absolute Gasteiger partial charge is 0.337 e. The Bertz CT molecular complexity index is 678. The SMILES string of the molecule is COC(=O)c1ccc(NC(=O)c2ccc(N)c(C)c2)cc1. The summed E-state index contributed by atoms with van der Waals surface area (Å²) in [5.41, 5.74) is 8.78. The fourth-order valence-electron chi connectivity index (χ4n) is 1.83. The standard InChI is InChI=1S/C16H16N2O3/c1-10-9-12(5-8-14(10)17)15(19)18-13-6-3-11(4-7-13)16(20)21-2/h3-9H,17H2,1-2H3,(H,18,19). The molecule has 1 amide bonds. The van der Waals surface area contributed by atoms with E-state index in [0.717, 1.165) is 5.56 Å². The molecular weight excluding hydrogens is 268 g/mol. The molecule has 0 aromatic heterocycles. The zero-order valence-electron chi connectivity index (χ0n) is 11.8. The number of hydrogen-bond donors (Lipinski definition) is 2. The van der Waals surface area contributed by atoms with E-state index in [4.69, 9.17) is 5.73 Å². The van der Waals surface area contributed by atoms with Crippen LogP contribution in [0.5, 0.6) is 0 Å². The van der Waals surface area contributed by atoms with E-state index < -0.39 is 5.97 Å². The van der Waals surface area contributed by atoms with Gasteiger partial charge in [-0.3, -0.25) is 4.79 Å². The number of hydrogen-bond acceptors (Lipinski definition) is 4. The Morgan fingerprint density at radius 2 is 1.67 bits per heavy atom. The van der Waals surface area contributed by atoms with Gasteiger partial charge in [0.2, 0.25) is 0 Å². The first-order chi connectivity index (χ1) is 10.0. The van der Waals surface area contributed by atoms with E-state index in [1.807, 2.05) is 6.92 Å². The maximum atomic E-state index is 12.1. The van der Waals surface area contributed by atoms with E-state index in [2.05, 4.69) is 10.1 Å². The molecule has 0 aliphatic heterocycles. The van der Waals surface area contributed by atoms with Crippen molar-refractivity contribution in [3.05, 3.63) is 59.2 Å². The number of rotatable bonds is 3. The van der Waals surface area contributed by atoms with Crippen LogP contribution in [0, 0.1) is 6.92 Å². The lowest BCUT2D eigenvalue weighted by molar-refractivity contribution is 0.0600. The van der Waals surface area contributed by atoms with Crippen LogP contribution >= 0.6 is 0 Å². The number of benzene rings is 2. The van der Waals surface area contributed by atoms with Crippen molar-refractivity contribution in [2.45, 2.75) is 6.92 Å². The summed E-state index contributed by atoms with van der Waals surface area (Å²) in [5, 5.41) is 2.76. The molecule has 0 heterocycles. The highest BCUT2D eigenvalue weighted by Crippen LogP contribution is 2.15. The van der Waals surface area contributed by atoms with Gasteiger partial charge in [-0.1, -0.05) is 0 Å². The fourth-order valence-corrected chi connectivity index (χ4v) is 1.83. The number of nitrogens with two attached hydrogens (primary N) is 1. The van der Waals surface area contributed by atoms with Gasteiger partial charge in [0.15, 0.2) is 0 Å². The van der Waals surface area contributed by atoms with Gasteiger partial charge in [-0.15, -0.1) is 0 Å². The monoisotopic (exact) mass is 284 g/mol. The first kappa shape index (κ1) is 14.6. The lowest BCUT2D eigenvalue weighted by Gasteiger charge is -2.07. The van der Waals surface area contributed by atoms with Crippen molar-refractivity contribution in [1.29, 1.82) is 0 Å². The Kier molecular flexibility index (Phi) is 4.23. The van der Waals surface area contributed by atoms with E-state index in [-0.39, 0.29) is 5.91 Å². The Morgan fingerprint density at radius 1 is 1.05 bits per heavy atom. The summed E-state index contributed by atoms with van der Waals surface area (Å²) in [5.74, 6) is -0.647. The van der Waals surface area contributed by atoms with Gasteiger partial charge in [-0.25, -0.2) is 4.79 Å². The van der Waals surface area contributed by atoms with Crippen molar-refractivity contribution >= 4 is 23.3 Å². The Balaban J connectivity index is 2.12. The number of nitrogens with one attached hydrogen (secondary N) is 1. The van der Waals surface area contributed by atoms with Crippen LogP contribution in [0.3, 0.4) is 0 Å². The third-order valence-corrected chi connectivity index (χ3v) is 3.10. The molecule has 5 heteroatoms. The second-order valence-corrected chi connectivity index (χ2v) is 4.59. The minimum Gasteiger partial charge on any atom is -0.465 e. The second kappa shape index (κ2) is 6.09. The highest BCUT2D eigenvalue weighted by molar-refractivity contribution is 6.04. The van der Waals surface area contributed by atoms with Crippen molar-refractivity contribution in [1.82, 2.24) is 0 Å². The topological polar surface area (TPSA) is 81.4 Å². The molecule has 0 spiro atoms. The van der Waals surface area contributed by atoms with Gasteiger partial charge in [0.25, 0.3) is 5.91 Å². The summed E-state index contributed by atoms with van der Waals surface area (Å²) in [4.78, 5) is 23.4. The predicted octanol–water partition coefficient (Wildman–Crippen LogP) is 2.62. The second-order valence-electron chi connectivity index (χ2n) is 4.59. The Morgan fingerprint density at radius 3 is 2.24 bits per heavy atom. The molecule has 21 heavy (non-hydrogen) atoms. The number of nitrogen functional groups attached to an aromatic ring is 1. The van der Waals surface area contributed by atoms with Crippen LogP contribution in [0.4, 0.5) is 11.4 Å². The number of carbonyl (C=O) groups excluding carboxylic acids is 2. The van der Waals surface area contributed by atoms with E-state index in [1.165, 1.54) is 7.11 Å². The zero-order valence-corrected chi connectivity index (χ0v) is 11.8. The molecule has 2 rings (SSSR count). The number of anilines is 2. The van der Waals surface area contributed by atoms with Crippen molar-refractivity contribution in [3.8, 4) is 0 Å². The number of aryl methyl sites for hydroxylation is 1. The summed E-state index contributed by atoms with van der Waals surface area (Å²) in [6.07, 6.45) is 0. The number of carbonyl (C=O) groups is 2. The maximum Gasteiger partial charge on any atom is 0.337 e. The van der Waals surface area contributed by atoms with Crippen LogP contribution in [0.2, 0.25) is 0 Å². The van der Waals surface area contributed by atoms with Gasteiger partial charge in [-0.2, -0.15) is 0 Å².